The Hall–Kier alpha value is -0.860. The minimum Gasteiger partial charge on any atom is -0.316 e. The number of piperidine rings is 1. The van der Waals surface area contributed by atoms with Crippen molar-refractivity contribution in [3.8, 4) is 0 Å². The van der Waals surface area contributed by atoms with E-state index in [2.05, 4.69) is 48.5 Å². The molecular weight excluding hydrogens is 196 g/mol. The first-order valence-corrected chi connectivity index (χ1v) is 6.23. The van der Waals surface area contributed by atoms with Gasteiger partial charge in [0.05, 0.1) is 0 Å². The molecule has 0 unspecified atom stereocenters. The number of nitrogens with one attached hydrogen (secondary N) is 1. The van der Waals surface area contributed by atoms with Crippen molar-refractivity contribution in [3.63, 3.8) is 0 Å². The van der Waals surface area contributed by atoms with Crippen LogP contribution >= 0.6 is 0 Å². The van der Waals surface area contributed by atoms with Crippen LogP contribution in [0.15, 0.2) is 24.3 Å². The molecule has 16 heavy (non-hydrogen) atoms. The highest BCUT2D eigenvalue weighted by molar-refractivity contribution is 5.21. The molecule has 1 aromatic rings. The van der Waals surface area contributed by atoms with Crippen LogP contribution in [0.1, 0.15) is 24.0 Å². The van der Waals surface area contributed by atoms with Crippen molar-refractivity contribution in [2.24, 2.45) is 0 Å². The summed E-state index contributed by atoms with van der Waals surface area (Å²) >= 11 is 0. The SMILES string of the molecule is CN[C@H]1CCCN(Cc2ccc(C)cc2)C1. The summed E-state index contributed by atoms with van der Waals surface area (Å²) in [6.07, 6.45) is 2.64. The third-order valence-electron chi connectivity index (χ3n) is 3.44. The molecule has 2 heteroatoms. The van der Waals surface area contributed by atoms with Gasteiger partial charge in [-0.2, -0.15) is 0 Å². The fourth-order valence-electron chi connectivity index (χ4n) is 2.39. The second kappa shape index (κ2) is 5.46. The summed E-state index contributed by atoms with van der Waals surface area (Å²) in [5, 5.41) is 3.39. The van der Waals surface area contributed by atoms with Crippen molar-refractivity contribution in [3.05, 3.63) is 35.4 Å². The number of benzene rings is 1. The van der Waals surface area contributed by atoms with Crippen molar-refractivity contribution in [1.82, 2.24) is 10.2 Å². The standard InChI is InChI=1S/C14H22N2/c1-12-5-7-13(8-6-12)10-16-9-3-4-14(11-16)15-2/h5-8,14-15H,3-4,9-11H2,1-2H3/t14-/m0/s1. The monoisotopic (exact) mass is 218 g/mol. The molecule has 88 valence electrons. The molecule has 0 saturated carbocycles. The maximum absolute atomic E-state index is 3.39. The van der Waals surface area contributed by atoms with Gasteiger partial charge in [0, 0.05) is 19.1 Å². The lowest BCUT2D eigenvalue weighted by Gasteiger charge is -2.32. The number of nitrogens with zero attached hydrogens (tertiary/aromatic N) is 1. The second-order valence-electron chi connectivity index (χ2n) is 4.85. The van der Waals surface area contributed by atoms with E-state index < -0.39 is 0 Å². The minimum absolute atomic E-state index is 0.680. The van der Waals surface area contributed by atoms with Crippen LogP contribution in [0.4, 0.5) is 0 Å². The van der Waals surface area contributed by atoms with Gasteiger partial charge >= 0.3 is 0 Å². The van der Waals surface area contributed by atoms with Gasteiger partial charge in [-0.1, -0.05) is 29.8 Å². The molecule has 1 aliphatic rings. The van der Waals surface area contributed by atoms with Gasteiger partial charge in [0.25, 0.3) is 0 Å². The zero-order valence-electron chi connectivity index (χ0n) is 10.4. The lowest BCUT2D eigenvalue weighted by molar-refractivity contribution is 0.188. The Morgan fingerprint density at radius 3 is 2.75 bits per heavy atom. The Morgan fingerprint density at radius 2 is 2.06 bits per heavy atom. The summed E-state index contributed by atoms with van der Waals surface area (Å²) in [5.41, 5.74) is 2.78. The quantitative estimate of drug-likeness (QED) is 0.836. The molecule has 0 aliphatic carbocycles. The minimum atomic E-state index is 0.680. The zero-order valence-corrected chi connectivity index (χ0v) is 10.4. The van der Waals surface area contributed by atoms with Crippen LogP contribution < -0.4 is 5.32 Å². The van der Waals surface area contributed by atoms with Crippen molar-refractivity contribution >= 4 is 0 Å². The highest BCUT2D eigenvalue weighted by atomic mass is 15.2. The molecule has 0 radical (unpaired) electrons. The Labute approximate surface area is 98.7 Å². The molecule has 2 rings (SSSR count). The van der Waals surface area contributed by atoms with Gasteiger partial charge in [0.2, 0.25) is 0 Å². The highest BCUT2D eigenvalue weighted by Crippen LogP contribution is 2.13. The van der Waals surface area contributed by atoms with Crippen molar-refractivity contribution in [2.75, 3.05) is 20.1 Å². The predicted octanol–water partition coefficient (Wildman–Crippen LogP) is 2.18. The van der Waals surface area contributed by atoms with E-state index >= 15 is 0 Å². The summed E-state index contributed by atoms with van der Waals surface area (Å²) in [7, 11) is 2.07. The molecule has 0 bridgehead atoms. The Bertz CT molecular complexity index is 318. The number of likely N-dealkylation sites (N-methyl/N-ethyl adjacent to an activating group) is 1. The number of hydrogen-bond donors (Lipinski definition) is 1. The van der Waals surface area contributed by atoms with E-state index in [1.807, 2.05) is 0 Å². The molecule has 1 aliphatic heterocycles. The van der Waals surface area contributed by atoms with Gasteiger partial charge in [-0.05, 0) is 38.9 Å². The van der Waals surface area contributed by atoms with E-state index in [0.29, 0.717) is 6.04 Å². The maximum Gasteiger partial charge on any atom is 0.0234 e. The van der Waals surface area contributed by atoms with Crippen LogP contribution in [0.25, 0.3) is 0 Å². The molecule has 0 amide bonds. The number of likely N-dealkylation sites (tertiary alicyclic amines) is 1. The Kier molecular flexibility index (Phi) is 3.97. The number of rotatable bonds is 3. The van der Waals surface area contributed by atoms with E-state index in [1.54, 1.807) is 0 Å². The Balaban J connectivity index is 1.91. The predicted molar refractivity (Wildman–Crippen MR) is 68.5 cm³/mol. The van der Waals surface area contributed by atoms with Gasteiger partial charge in [-0.15, -0.1) is 0 Å². The molecule has 1 saturated heterocycles. The third kappa shape index (κ3) is 3.06. The summed E-state index contributed by atoms with van der Waals surface area (Å²) in [6, 6.07) is 9.58. The van der Waals surface area contributed by atoms with Crippen molar-refractivity contribution < 1.29 is 0 Å². The Morgan fingerprint density at radius 1 is 1.31 bits per heavy atom. The normalized spacial score (nSPS) is 22.2. The first-order chi connectivity index (χ1) is 7.78. The second-order valence-corrected chi connectivity index (χ2v) is 4.85. The first-order valence-electron chi connectivity index (χ1n) is 6.23. The van der Waals surface area contributed by atoms with E-state index in [4.69, 9.17) is 0 Å². The van der Waals surface area contributed by atoms with Crippen LogP contribution in [0.3, 0.4) is 0 Å². The molecule has 1 fully saturated rings. The number of hydrogen-bond acceptors (Lipinski definition) is 2. The van der Waals surface area contributed by atoms with Crippen molar-refractivity contribution in [1.29, 1.82) is 0 Å². The summed E-state index contributed by atoms with van der Waals surface area (Å²) in [4.78, 5) is 2.55. The molecular formula is C14H22N2. The fourth-order valence-corrected chi connectivity index (χ4v) is 2.39. The van der Waals surface area contributed by atoms with Crippen LogP contribution in [0, 0.1) is 6.92 Å². The zero-order chi connectivity index (χ0) is 11.4. The highest BCUT2D eigenvalue weighted by Gasteiger charge is 2.17. The van der Waals surface area contributed by atoms with Crippen molar-refractivity contribution in [2.45, 2.75) is 32.4 Å². The molecule has 2 nitrogen and oxygen atoms in total. The average molecular weight is 218 g/mol. The van der Waals surface area contributed by atoms with Crippen LogP contribution in [0.5, 0.6) is 0 Å². The van der Waals surface area contributed by atoms with Crippen LogP contribution in [0.2, 0.25) is 0 Å². The van der Waals surface area contributed by atoms with E-state index in [1.165, 1.54) is 37.1 Å². The van der Waals surface area contributed by atoms with Gasteiger partial charge in [0.1, 0.15) is 0 Å². The summed E-state index contributed by atoms with van der Waals surface area (Å²) in [5.74, 6) is 0. The molecule has 1 N–H and O–H groups in total. The molecule has 0 aromatic heterocycles. The van der Waals surface area contributed by atoms with Gasteiger partial charge in [0.15, 0.2) is 0 Å². The fraction of sp³-hybridized carbons (Fsp3) is 0.571. The van der Waals surface area contributed by atoms with Gasteiger partial charge in [-0.25, -0.2) is 0 Å². The first kappa shape index (κ1) is 11.6. The van der Waals surface area contributed by atoms with E-state index in [0.717, 1.165) is 6.54 Å². The molecule has 1 atom stereocenters. The maximum atomic E-state index is 3.39. The molecule has 0 spiro atoms. The molecule has 1 aromatic carbocycles. The van der Waals surface area contributed by atoms with E-state index in [-0.39, 0.29) is 0 Å². The van der Waals surface area contributed by atoms with Gasteiger partial charge < -0.3 is 5.32 Å². The average Bonchev–Trinajstić information content (AvgIpc) is 2.32. The summed E-state index contributed by atoms with van der Waals surface area (Å²) in [6.45, 7) is 5.66. The van der Waals surface area contributed by atoms with Crippen LogP contribution in [-0.4, -0.2) is 31.1 Å². The molecule has 1 heterocycles. The third-order valence-corrected chi connectivity index (χ3v) is 3.44. The summed E-state index contributed by atoms with van der Waals surface area (Å²) < 4.78 is 0. The topological polar surface area (TPSA) is 15.3 Å². The lowest BCUT2D eigenvalue weighted by Crippen LogP contribution is -2.43. The van der Waals surface area contributed by atoms with Gasteiger partial charge in [-0.3, -0.25) is 4.90 Å². The lowest BCUT2D eigenvalue weighted by atomic mass is 10.0. The number of aryl methyl sites for hydroxylation is 1. The van der Waals surface area contributed by atoms with Crippen LogP contribution in [-0.2, 0) is 6.54 Å². The smallest absolute Gasteiger partial charge is 0.0234 e. The van der Waals surface area contributed by atoms with E-state index in [9.17, 15) is 0 Å². The largest absolute Gasteiger partial charge is 0.316 e.